The predicted molar refractivity (Wildman–Crippen MR) is 199 cm³/mol. The predicted octanol–water partition coefficient (Wildman–Crippen LogP) is 10.6. The van der Waals surface area contributed by atoms with Crippen LogP contribution in [-0.4, -0.2) is 68.0 Å². The Kier molecular flexibility index (Phi) is 15.9. The Bertz CT molecular complexity index is 1320. The summed E-state index contributed by atoms with van der Waals surface area (Å²) < 4.78 is 4.63. The van der Waals surface area contributed by atoms with Gasteiger partial charge in [0.05, 0.1) is 19.1 Å². The van der Waals surface area contributed by atoms with Crippen LogP contribution in [0.2, 0.25) is 0 Å². The lowest BCUT2D eigenvalue weighted by atomic mass is 10.0. The van der Waals surface area contributed by atoms with E-state index in [0.717, 1.165) is 61.7 Å². The molecule has 0 aliphatic carbocycles. The highest BCUT2D eigenvalue weighted by molar-refractivity contribution is 7.16. The fraction of sp³-hybridized carbons (Fsp3) is 0.667. The summed E-state index contributed by atoms with van der Waals surface area (Å²) in [6.45, 7) is 7.78. The molecule has 1 atom stereocenters. The molecule has 0 radical (unpaired) electrons. The van der Waals surface area contributed by atoms with Gasteiger partial charge in [-0.05, 0) is 32.5 Å². The molecule has 9 heteroatoms. The highest BCUT2D eigenvalue weighted by Gasteiger charge is 2.56. The Morgan fingerprint density at radius 2 is 1.35 bits per heavy atom. The molecule has 266 valence electrons. The van der Waals surface area contributed by atoms with Crippen LogP contribution in [-0.2, 0) is 14.4 Å². The van der Waals surface area contributed by atoms with E-state index in [4.69, 9.17) is 14.6 Å². The first-order valence-corrected chi connectivity index (χ1v) is 19.7. The molecule has 2 aliphatic rings. The number of methoxy groups -OCH3 is 1. The molecule has 4 rings (SSSR count). The summed E-state index contributed by atoms with van der Waals surface area (Å²) in [7, 11) is 3.48. The fourth-order valence-electron chi connectivity index (χ4n) is 6.89. The van der Waals surface area contributed by atoms with Crippen molar-refractivity contribution >= 4 is 45.6 Å². The number of benzene rings is 1. The van der Waals surface area contributed by atoms with E-state index >= 15 is 0 Å². The number of quaternary nitrogens is 1. The number of rotatable bonds is 18. The van der Waals surface area contributed by atoms with E-state index in [0.29, 0.717) is 16.4 Å². The molecule has 8 nitrogen and oxygen atoms in total. The SMILES string of the molecule is CCCCCCCCCCCCCCCCCCCC(=O)O[N+]1(C(=O)OC)c2ccccc2N=C(N2CCN(C)CC2)c2cc(C)sc21. The van der Waals surface area contributed by atoms with Crippen molar-refractivity contribution in [2.24, 2.45) is 4.99 Å². The van der Waals surface area contributed by atoms with Gasteiger partial charge < -0.3 is 14.5 Å². The number of likely N-dealkylation sites (N-methyl/N-ethyl adjacent to an activating group) is 1. The number of hydrogen-bond acceptors (Lipinski definition) is 8. The van der Waals surface area contributed by atoms with Gasteiger partial charge in [-0.15, -0.1) is 0 Å². The Hall–Kier alpha value is -2.75. The lowest BCUT2D eigenvalue weighted by Crippen LogP contribution is -2.51. The van der Waals surface area contributed by atoms with Gasteiger partial charge in [-0.3, -0.25) is 4.84 Å². The van der Waals surface area contributed by atoms with E-state index in [1.54, 1.807) is 0 Å². The molecule has 1 saturated heterocycles. The van der Waals surface area contributed by atoms with E-state index < -0.39 is 16.7 Å². The van der Waals surface area contributed by atoms with E-state index in [-0.39, 0.29) is 6.42 Å². The molecule has 1 aromatic heterocycles. The number of amidine groups is 1. The second kappa shape index (κ2) is 20.1. The first-order valence-electron chi connectivity index (χ1n) is 18.8. The Morgan fingerprint density at radius 1 is 0.812 bits per heavy atom. The number of para-hydroxylation sites is 2. The summed E-state index contributed by atoms with van der Waals surface area (Å²) in [6.07, 6.45) is 21.4. The molecule has 0 N–H and O–H groups in total. The molecule has 1 fully saturated rings. The number of unbranched alkanes of at least 4 members (excludes halogenated alkanes) is 16. The topological polar surface area (TPSA) is 71.4 Å². The van der Waals surface area contributed by atoms with Gasteiger partial charge in [-0.1, -0.05) is 133 Å². The Balaban J connectivity index is 1.28. The van der Waals surface area contributed by atoms with E-state index in [2.05, 4.69) is 29.8 Å². The molecule has 0 saturated carbocycles. The van der Waals surface area contributed by atoms with Crippen molar-refractivity contribution in [1.29, 1.82) is 0 Å². The number of nitrogens with zero attached hydrogens (tertiary/aromatic N) is 4. The number of carbonyl (C=O) groups excluding carboxylic acids is 2. The van der Waals surface area contributed by atoms with Gasteiger partial charge >= 0.3 is 12.1 Å². The second-order valence-corrected chi connectivity index (χ2v) is 15.0. The van der Waals surface area contributed by atoms with Crippen LogP contribution in [0.15, 0.2) is 35.3 Å². The first kappa shape index (κ1) is 38.1. The largest absolute Gasteiger partial charge is 0.571 e. The molecule has 1 amide bonds. The maximum atomic E-state index is 13.9. The third kappa shape index (κ3) is 10.4. The van der Waals surface area contributed by atoms with E-state index in [9.17, 15) is 9.59 Å². The van der Waals surface area contributed by atoms with E-state index in [1.807, 2.05) is 31.2 Å². The van der Waals surface area contributed by atoms with E-state index in [1.165, 1.54) is 108 Å². The maximum Gasteiger partial charge on any atom is 0.571 e. The summed E-state index contributed by atoms with van der Waals surface area (Å²) >= 11 is 1.45. The molecule has 0 spiro atoms. The van der Waals surface area contributed by atoms with Crippen LogP contribution < -0.4 is 4.65 Å². The second-order valence-electron chi connectivity index (χ2n) is 13.7. The maximum absolute atomic E-state index is 13.9. The molecule has 48 heavy (non-hydrogen) atoms. The molecule has 0 bridgehead atoms. The number of amides is 1. The average Bonchev–Trinajstić information content (AvgIpc) is 3.44. The molecule has 3 heterocycles. The lowest BCUT2D eigenvalue weighted by molar-refractivity contribution is -0.167. The molecular formula is C39H61N4O4S+. The summed E-state index contributed by atoms with van der Waals surface area (Å²) in [6, 6.07) is 9.53. The van der Waals surface area contributed by atoms with Gasteiger partial charge in [-0.25, -0.2) is 9.79 Å². The number of piperazine rings is 1. The minimum absolute atomic E-state index is 0.254. The molecule has 1 unspecified atom stereocenters. The van der Waals surface area contributed by atoms with Crippen LogP contribution in [0.25, 0.3) is 0 Å². The number of carbonyl (C=O) groups is 2. The Labute approximate surface area is 294 Å². The smallest absolute Gasteiger partial charge is 0.420 e. The van der Waals surface area contributed by atoms with Gasteiger partial charge in [0, 0.05) is 41.8 Å². The quantitative estimate of drug-likeness (QED) is 0.115. The first-order chi connectivity index (χ1) is 23.4. The lowest BCUT2D eigenvalue weighted by Gasteiger charge is -2.34. The number of hydroxylamine groups is 1. The van der Waals surface area contributed by atoms with Crippen LogP contribution in [0.1, 0.15) is 133 Å². The summed E-state index contributed by atoms with van der Waals surface area (Å²) in [5, 5.41) is 0.609. The fourth-order valence-corrected chi connectivity index (χ4v) is 7.97. The van der Waals surface area contributed by atoms with Gasteiger partial charge in [0.15, 0.2) is 0 Å². The molecule has 1 aromatic carbocycles. The number of hydrogen-bond donors (Lipinski definition) is 0. The summed E-state index contributed by atoms with van der Waals surface area (Å²) in [5.74, 6) is 0.402. The molecule has 2 aromatic rings. The average molecular weight is 682 g/mol. The number of ether oxygens (including phenoxy) is 1. The highest BCUT2D eigenvalue weighted by Crippen LogP contribution is 2.50. The monoisotopic (exact) mass is 681 g/mol. The minimum atomic E-state index is -0.765. The van der Waals surface area contributed by atoms with Crippen molar-refractivity contribution in [2.75, 3.05) is 40.3 Å². The van der Waals surface area contributed by atoms with Gasteiger partial charge in [0.25, 0.3) is 5.00 Å². The van der Waals surface area contributed by atoms with Gasteiger partial charge in [0.2, 0.25) is 5.69 Å². The third-order valence-corrected chi connectivity index (χ3v) is 10.9. The van der Waals surface area contributed by atoms with Crippen molar-refractivity contribution in [3.63, 3.8) is 0 Å². The van der Waals surface area contributed by atoms with Crippen LogP contribution >= 0.6 is 11.3 Å². The van der Waals surface area contributed by atoms with Crippen LogP contribution in [0.3, 0.4) is 0 Å². The van der Waals surface area contributed by atoms with Crippen LogP contribution in [0.5, 0.6) is 0 Å². The number of aryl methyl sites for hydroxylation is 1. The van der Waals surface area contributed by atoms with Crippen molar-refractivity contribution in [3.8, 4) is 0 Å². The number of thiophene rings is 1. The van der Waals surface area contributed by atoms with Crippen molar-refractivity contribution in [2.45, 2.75) is 129 Å². The van der Waals surface area contributed by atoms with Crippen molar-refractivity contribution in [1.82, 2.24) is 14.4 Å². The zero-order valence-corrected chi connectivity index (χ0v) is 31.1. The third-order valence-electron chi connectivity index (χ3n) is 9.77. The van der Waals surface area contributed by atoms with Gasteiger partial charge in [0.1, 0.15) is 11.5 Å². The zero-order valence-electron chi connectivity index (χ0n) is 30.3. The number of fused-ring (bicyclic) bond motifs is 2. The zero-order chi connectivity index (χ0) is 34.2. The highest BCUT2D eigenvalue weighted by atomic mass is 32.1. The van der Waals surface area contributed by atoms with Gasteiger partial charge in [-0.2, -0.15) is 4.79 Å². The summed E-state index contributed by atoms with van der Waals surface area (Å²) in [5.41, 5.74) is 1.91. The normalized spacial score (nSPS) is 17.8. The minimum Gasteiger partial charge on any atom is -0.420 e. The van der Waals surface area contributed by atoms with Crippen molar-refractivity contribution < 1.29 is 19.2 Å². The van der Waals surface area contributed by atoms with Crippen LogP contribution in [0, 0.1) is 6.92 Å². The standard InChI is InChI=1S/C39H61N4O4S/c1-5-6-7-8-9-10-11-12-13-14-15-16-17-18-19-20-21-26-36(44)47-43(39(45)46-4)35-25-23-22-24-34(35)40-37(33-31-32(2)48-38(33)43)42-29-27-41(3)28-30-42/h22-25,31H,5-21,26-30H2,1-4H3/q+1. The summed E-state index contributed by atoms with van der Waals surface area (Å²) in [4.78, 5) is 44.5. The van der Waals surface area contributed by atoms with Crippen molar-refractivity contribution in [3.05, 3.63) is 40.8 Å². The number of aliphatic imine (C=N–C) groups is 1. The molecular weight excluding hydrogens is 621 g/mol. The van der Waals surface area contributed by atoms with Crippen LogP contribution in [0.4, 0.5) is 21.2 Å². The molecule has 2 aliphatic heterocycles. The Morgan fingerprint density at radius 3 is 1.92 bits per heavy atom.